The normalized spacial score (nSPS) is 11.5. The third kappa shape index (κ3) is 3.30. The first-order chi connectivity index (χ1) is 14.1. The Kier molecular flexibility index (Phi) is 4.90. The highest BCUT2D eigenvalue weighted by Crippen LogP contribution is 2.35. The maximum absolute atomic E-state index is 13.6. The van der Waals surface area contributed by atoms with Crippen molar-refractivity contribution in [2.24, 2.45) is 0 Å². The number of hydrogen-bond acceptors (Lipinski definition) is 5. The van der Waals surface area contributed by atoms with Crippen molar-refractivity contribution in [3.8, 4) is 17.0 Å². The van der Waals surface area contributed by atoms with Crippen molar-refractivity contribution in [1.29, 1.82) is 0 Å². The highest BCUT2D eigenvalue weighted by molar-refractivity contribution is 7.90. The Bertz CT molecular complexity index is 1300. The van der Waals surface area contributed by atoms with Gasteiger partial charge < -0.3 is 9.53 Å². The molecule has 0 bridgehead atoms. The fraction of sp³-hybridized carbons (Fsp3) is 0.0909. The van der Waals surface area contributed by atoms with Crippen LogP contribution in [-0.4, -0.2) is 30.8 Å². The number of aldehydes is 1. The number of ether oxygens (including phenoxy) is 1. The second-order valence-corrected chi connectivity index (χ2v) is 8.19. The van der Waals surface area contributed by atoms with Crippen molar-refractivity contribution in [3.63, 3.8) is 0 Å². The van der Waals surface area contributed by atoms with Gasteiger partial charge in [0.15, 0.2) is 0 Å². The van der Waals surface area contributed by atoms with Crippen LogP contribution in [0.2, 0.25) is 0 Å². The number of carbonyl (C=O) groups excluding carboxylic acids is 1. The smallest absolute Gasteiger partial charge is 0.268 e. The fourth-order valence-electron chi connectivity index (χ4n) is 3.35. The number of rotatable bonds is 6. The molecule has 4 rings (SSSR count). The average Bonchev–Trinajstić information content (AvgIpc) is 3.14. The highest BCUT2D eigenvalue weighted by atomic mass is 32.2. The van der Waals surface area contributed by atoms with E-state index in [4.69, 9.17) is 4.74 Å². The molecule has 0 spiro atoms. The van der Waals surface area contributed by atoms with Crippen molar-refractivity contribution < 1.29 is 17.9 Å². The molecular weight excluding hydrogens is 388 g/mol. The van der Waals surface area contributed by atoms with Gasteiger partial charge in [-0.25, -0.2) is 12.4 Å². The van der Waals surface area contributed by atoms with Crippen LogP contribution < -0.4 is 4.74 Å². The van der Waals surface area contributed by atoms with Gasteiger partial charge in [-0.15, -0.1) is 0 Å². The summed E-state index contributed by atoms with van der Waals surface area (Å²) in [4.78, 5) is 15.6. The lowest BCUT2D eigenvalue weighted by atomic mass is 10.1. The summed E-state index contributed by atoms with van der Waals surface area (Å²) in [6, 6.07) is 18.7. The van der Waals surface area contributed by atoms with Gasteiger partial charge in [0.25, 0.3) is 10.0 Å². The summed E-state index contributed by atoms with van der Waals surface area (Å²) in [6.45, 7) is 0. The molecule has 2 heterocycles. The highest BCUT2D eigenvalue weighted by Gasteiger charge is 2.25. The molecular formula is C22H18N2O4S. The number of nitrogens with zero attached hydrogens (tertiary/aromatic N) is 2. The summed E-state index contributed by atoms with van der Waals surface area (Å²) in [6.07, 6.45) is 2.43. The summed E-state index contributed by atoms with van der Waals surface area (Å²) in [5.41, 5.74) is 2.07. The van der Waals surface area contributed by atoms with Crippen molar-refractivity contribution in [2.75, 3.05) is 7.11 Å². The van der Waals surface area contributed by atoms with E-state index >= 15 is 0 Å². The quantitative estimate of drug-likeness (QED) is 0.456. The molecule has 0 N–H and O–H groups in total. The average molecular weight is 406 g/mol. The minimum atomic E-state index is -3.89. The van der Waals surface area contributed by atoms with Crippen LogP contribution in [0.3, 0.4) is 0 Å². The Morgan fingerprint density at radius 2 is 1.83 bits per heavy atom. The molecule has 4 aromatic rings. The third-order valence-corrected chi connectivity index (χ3v) is 6.43. The van der Waals surface area contributed by atoms with Gasteiger partial charge in [0.05, 0.1) is 28.9 Å². The molecule has 2 aromatic heterocycles. The Balaban J connectivity index is 2.08. The molecule has 0 saturated carbocycles. The number of carbonyl (C=O) groups is 1. The van der Waals surface area contributed by atoms with E-state index in [1.54, 1.807) is 80.0 Å². The Morgan fingerprint density at radius 3 is 2.55 bits per heavy atom. The molecule has 0 atom stereocenters. The van der Waals surface area contributed by atoms with Crippen LogP contribution in [0, 0.1) is 0 Å². The molecule has 29 heavy (non-hydrogen) atoms. The topological polar surface area (TPSA) is 78.3 Å². The van der Waals surface area contributed by atoms with Crippen LogP contribution in [0.1, 0.15) is 5.69 Å². The van der Waals surface area contributed by atoms with E-state index in [9.17, 15) is 13.2 Å². The van der Waals surface area contributed by atoms with Crippen molar-refractivity contribution >= 4 is 27.2 Å². The van der Waals surface area contributed by atoms with Gasteiger partial charge >= 0.3 is 0 Å². The lowest BCUT2D eigenvalue weighted by Gasteiger charge is -2.14. The summed E-state index contributed by atoms with van der Waals surface area (Å²) < 4.78 is 33.7. The number of methoxy groups -OCH3 is 1. The number of pyridine rings is 1. The number of aromatic nitrogens is 2. The van der Waals surface area contributed by atoms with Crippen molar-refractivity contribution in [2.45, 2.75) is 11.3 Å². The summed E-state index contributed by atoms with van der Waals surface area (Å²) in [5.74, 6) is 0.623. The van der Waals surface area contributed by atoms with Gasteiger partial charge in [0, 0.05) is 23.6 Å². The molecule has 0 amide bonds. The van der Waals surface area contributed by atoms with Crippen LogP contribution in [-0.2, 0) is 21.2 Å². The van der Waals surface area contributed by atoms with Gasteiger partial charge in [0.1, 0.15) is 12.0 Å². The third-order valence-electron chi connectivity index (χ3n) is 4.69. The maximum Gasteiger partial charge on any atom is 0.268 e. The molecule has 2 aromatic carbocycles. The Hall–Kier alpha value is -3.45. The summed E-state index contributed by atoms with van der Waals surface area (Å²) in [5, 5.41) is 0.708. The second kappa shape index (κ2) is 7.52. The van der Waals surface area contributed by atoms with Gasteiger partial charge in [-0.2, -0.15) is 0 Å². The largest absolute Gasteiger partial charge is 0.497 e. The van der Waals surface area contributed by atoms with E-state index in [2.05, 4.69) is 4.98 Å². The monoisotopic (exact) mass is 406 g/mol. The molecule has 0 saturated heterocycles. The van der Waals surface area contributed by atoms with Crippen molar-refractivity contribution in [1.82, 2.24) is 8.96 Å². The number of fused-ring (bicyclic) bond motifs is 1. The standard InChI is InChI=1S/C22H18N2O4S/c1-28-17-9-10-21-16(14-17)15-22(19-8-5-12-23-20(19)11-13-25)24(21)29(26,27)18-6-3-2-4-7-18/h2-10,12-15H,11H2,1H3. The van der Waals surface area contributed by atoms with Crippen molar-refractivity contribution in [3.05, 3.63) is 78.6 Å². The lowest BCUT2D eigenvalue weighted by molar-refractivity contribution is -0.107. The molecule has 0 aliphatic heterocycles. The number of benzene rings is 2. The van der Waals surface area contributed by atoms with E-state index in [0.29, 0.717) is 33.6 Å². The van der Waals surface area contributed by atoms with E-state index in [0.717, 1.165) is 6.29 Å². The second-order valence-electron chi connectivity index (χ2n) is 6.41. The molecule has 0 radical (unpaired) electrons. The van der Waals surface area contributed by atoms with Crippen LogP contribution in [0.15, 0.2) is 77.8 Å². The van der Waals surface area contributed by atoms with Gasteiger partial charge in [-0.3, -0.25) is 4.98 Å². The minimum absolute atomic E-state index is 0.0897. The van der Waals surface area contributed by atoms with Crippen LogP contribution >= 0.6 is 0 Å². The summed E-state index contributed by atoms with van der Waals surface area (Å²) >= 11 is 0. The Labute approximate surface area is 168 Å². The molecule has 0 aliphatic rings. The maximum atomic E-state index is 13.6. The first-order valence-electron chi connectivity index (χ1n) is 8.94. The zero-order valence-corrected chi connectivity index (χ0v) is 16.5. The van der Waals surface area contributed by atoms with E-state index in [1.165, 1.54) is 3.97 Å². The SMILES string of the molecule is COc1ccc2c(c1)cc(-c1cccnc1CC=O)n2S(=O)(=O)c1ccccc1. The minimum Gasteiger partial charge on any atom is -0.497 e. The zero-order chi connectivity index (χ0) is 20.4. The summed E-state index contributed by atoms with van der Waals surface area (Å²) in [7, 11) is -2.33. The first kappa shape index (κ1) is 18.9. The predicted molar refractivity (Wildman–Crippen MR) is 111 cm³/mol. The Morgan fingerprint density at radius 1 is 1.03 bits per heavy atom. The van der Waals surface area contributed by atoms with E-state index < -0.39 is 10.0 Å². The molecule has 0 unspecified atom stereocenters. The lowest BCUT2D eigenvalue weighted by Crippen LogP contribution is -2.14. The molecule has 0 fully saturated rings. The zero-order valence-electron chi connectivity index (χ0n) is 15.6. The molecule has 146 valence electrons. The van der Waals surface area contributed by atoms with Crippen LogP contribution in [0.25, 0.3) is 22.2 Å². The number of hydrogen-bond donors (Lipinski definition) is 0. The first-order valence-corrected chi connectivity index (χ1v) is 10.4. The van der Waals surface area contributed by atoms with Gasteiger partial charge in [-0.1, -0.05) is 18.2 Å². The van der Waals surface area contributed by atoms with E-state index in [-0.39, 0.29) is 11.3 Å². The van der Waals surface area contributed by atoms with E-state index in [1.807, 2.05) is 0 Å². The van der Waals surface area contributed by atoms with Gasteiger partial charge in [0.2, 0.25) is 0 Å². The molecule has 7 heteroatoms. The molecule has 0 aliphatic carbocycles. The predicted octanol–water partition coefficient (Wildman–Crippen LogP) is 3.69. The fourth-order valence-corrected chi connectivity index (χ4v) is 4.90. The van der Waals surface area contributed by atoms with Gasteiger partial charge in [-0.05, 0) is 48.5 Å². The van der Waals surface area contributed by atoms with Crippen LogP contribution in [0.4, 0.5) is 0 Å². The molecule has 6 nitrogen and oxygen atoms in total. The van der Waals surface area contributed by atoms with Crippen LogP contribution in [0.5, 0.6) is 5.75 Å².